The third-order valence-electron chi connectivity index (χ3n) is 2.73. The van der Waals surface area contributed by atoms with Crippen molar-refractivity contribution < 1.29 is 5.11 Å². The molecule has 0 saturated heterocycles. The van der Waals surface area contributed by atoms with Gasteiger partial charge in [0.25, 0.3) is 0 Å². The quantitative estimate of drug-likeness (QED) is 0.832. The molecule has 0 aliphatic heterocycles. The Morgan fingerprint density at radius 3 is 2.69 bits per heavy atom. The number of aliphatic hydroxyl groups is 1. The molecule has 2 rings (SSSR count). The SMILES string of the molecule is Cc1ccc(C)c([C@@H](O)c2cccnc2)c1. The summed E-state index contributed by atoms with van der Waals surface area (Å²) >= 11 is 0. The van der Waals surface area contributed by atoms with Crippen LogP contribution in [0, 0.1) is 13.8 Å². The molecule has 1 aromatic heterocycles. The first kappa shape index (κ1) is 10.8. The van der Waals surface area contributed by atoms with Gasteiger partial charge in [0.2, 0.25) is 0 Å². The summed E-state index contributed by atoms with van der Waals surface area (Å²) in [7, 11) is 0. The summed E-state index contributed by atoms with van der Waals surface area (Å²) in [6, 6.07) is 9.83. The van der Waals surface area contributed by atoms with E-state index in [1.165, 1.54) is 0 Å². The molecule has 0 bridgehead atoms. The number of benzene rings is 1. The number of hydrogen-bond donors (Lipinski definition) is 1. The molecule has 0 amide bonds. The fourth-order valence-corrected chi connectivity index (χ4v) is 1.77. The Morgan fingerprint density at radius 1 is 1.19 bits per heavy atom. The summed E-state index contributed by atoms with van der Waals surface area (Å²) in [5, 5.41) is 10.3. The Hall–Kier alpha value is -1.67. The van der Waals surface area contributed by atoms with Crippen molar-refractivity contribution in [1.29, 1.82) is 0 Å². The highest BCUT2D eigenvalue weighted by Gasteiger charge is 2.12. The molecule has 0 aliphatic carbocycles. The van der Waals surface area contributed by atoms with Gasteiger partial charge in [-0.15, -0.1) is 0 Å². The number of aryl methyl sites for hydroxylation is 2. The second-order valence-electron chi connectivity index (χ2n) is 4.05. The fraction of sp³-hybridized carbons (Fsp3) is 0.214. The lowest BCUT2D eigenvalue weighted by atomic mass is 9.97. The van der Waals surface area contributed by atoms with Crippen molar-refractivity contribution in [2.24, 2.45) is 0 Å². The van der Waals surface area contributed by atoms with Crippen molar-refractivity contribution in [1.82, 2.24) is 4.98 Å². The van der Waals surface area contributed by atoms with Gasteiger partial charge in [-0.1, -0.05) is 29.8 Å². The molecule has 0 spiro atoms. The first-order valence-corrected chi connectivity index (χ1v) is 5.33. The highest BCUT2D eigenvalue weighted by molar-refractivity contribution is 5.36. The number of aliphatic hydroxyl groups excluding tert-OH is 1. The third-order valence-corrected chi connectivity index (χ3v) is 2.73. The highest BCUT2D eigenvalue weighted by Crippen LogP contribution is 2.24. The van der Waals surface area contributed by atoms with Gasteiger partial charge in [0, 0.05) is 18.0 Å². The third kappa shape index (κ3) is 2.12. The van der Waals surface area contributed by atoms with Gasteiger partial charge in [0.05, 0.1) is 0 Å². The van der Waals surface area contributed by atoms with Crippen molar-refractivity contribution in [2.45, 2.75) is 20.0 Å². The Labute approximate surface area is 95.6 Å². The largest absolute Gasteiger partial charge is 0.384 e. The minimum atomic E-state index is -0.589. The van der Waals surface area contributed by atoms with E-state index in [4.69, 9.17) is 0 Å². The Bertz CT molecular complexity index is 479. The van der Waals surface area contributed by atoms with Crippen LogP contribution in [0.1, 0.15) is 28.4 Å². The van der Waals surface area contributed by atoms with Crippen molar-refractivity contribution in [3.8, 4) is 0 Å². The van der Waals surface area contributed by atoms with Crippen LogP contribution in [0.25, 0.3) is 0 Å². The zero-order chi connectivity index (χ0) is 11.5. The molecule has 0 aliphatic rings. The lowest BCUT2D eigenvalue weighted by molar-refractivity contribution is 0.219. The van der Waals surface area contributed by atoms with Crippen molar-refractivity contribution in [3.05, 3.63) is 65.0 Å². The zero-order valence-corrected chi connectivity index (χ0v) is 9.51. The Balaban J connectivity index is 2.41. The van der Waals surface area contributed by atoms with Crippen LogP contribution in [0.15, 0.2) is 42.7 Å². The normalized spacial score (nSPS) is 12.4. The maximum absolute atomic E-state index is 10.3. The standard InChI is InChI=1S/C14H15NO/c1-10-5-6-11(2)13(8-10)14(16)12-4-3-7-15-9-12/h3-9,14,16H,1-2H3/t14-/m0/s1. The Morgan fingerprint density at radius 2 is 2.00 bits per heavy atom. The summed E-state index contributed by atoms with van der Waals surface area (Å²) in [5.74, 6) is 0. The predicted molar refractivity (Wildman–Crippen MR) is 64.2 cm³/mol. The van der Waals surface area contributed by atoms with Gasteiger partial charge >= 0.3 is 0 Å². The first-order valence-electron chi connectivity index (χ1n) is 5.33. The van der Waals surface area contributed by atoms with Crippen LogP contribution in [-0.4, -0.2) is 10.1 Å². The molecule has 1 atom stereocenters. The molecule has 16 heavy (non-hydrogen) atoms. The highest BCUT2D eigenvalue weighted by atomic mass is 16.3. The molecular weight excluding hydrogens is 198 g/mol. The van der Waals surface area contributed by atoms with Crippen LogP contribution in [0.4, 0.5) is 0 Å². The van der Waals surface area contributed by atoms with E-state index < -0.39 is 6.10 Å². The van der Waals surface area contributed by atoms with Crippen molar-refractivity contribution >= 4 is 0 Å². The second kappa shape index (κ2) is 4.45. The van der Waals surface area contributed by atoms with Crippen LogP contribution in [0.5, 0.6) is 0 Å². The monoisotopic (exact) mass is 213 g/mol. The van der Waals surface area contributed by atoms with Crippen LogP contribution < -0.4 is 0 Å². The number of pyridine rings is 1. The van der Waals surface area contributed by atoms with Gasteiger partial charge in [-0.2, -0.15) is 0 Å². The van der Waals surface area contributed by atoms with E-state index in [0.717, 1.165) is 22.3 Å². The average Bonchev–Trinajstić information content (AvgIpc) is 2.32. The molecule has 2 nitrogen and oxygen atoms in total. The van der Waals surface area contributed by atoms with Gasteiger partial charge in [0.15, 0.2) is 0 Å². The number of aromatic nitrogens is 1. The molecule has 2 aromatic rings. The lowest BCUT2D eigenvalue weighted by Gasteiger charge is -2.14. The Kier molecular flexibility index (Phi) is 3.02. The molecule has 0 radical (unpaired) electrons. The molecule has 0 fully saturated rings. The maximum Gasteiger partial charge on any atom is 0.106 e. The number of rotatable bonds is 2. The van der Waals surface area contributed by atoms with Gasteiger partial charge < -0.3 is 5.11 Å². The van der Waals surface area contributed by atoms with Crippen molar-refractivity contribution in [2.75, 3.05) is 0 Å². The van der Waals surface area contributed by atoms with Crippen LogP contribution in [0.2, 0.25) is 0 Å². The van der Waals surface area contributed by atoms with E-state index in [1.54, 1.807) is 12.4 Å². The summed E-state index contributed by atoms with van der Waals surface area (Å²) < 4.78 is 0. The molecule has 0 saturated carbocycles. The van der Waals surface area contributed by atoms with Gasteiger partial charge in [-0.3, -0.25) is 4.98 Å². The minimum absolute atomic E-state index is 0.589. The lowest BCUT2D eigenvalue weighted by Crippen LogP contribution is -2.02. The van der Waals surface area contributed by atoms with Gasteiger partial charge in [0.1, 0.15) is 6.10 Å². The fourth-order valence-electron chi connectivity index (χ4n) is 1.77. The smallest absolute Gasteiger partial charge is 0.106 e. The molecule has 2 heteroatoms. The van der Waals surface area contributed by atoms with E-state index in [0.29, 0.717) is 0 Å². The molecular formula is C14H15NO. The number of nitrogens with zero attached hydrogens (tertiary/aromatic N) is 1. The van der Waals surface area contributed by atoms with E-state index in [1.807, 2.05) is 38.1 Å². The van der Waals surface area contributed by atoms with E-state index in [-0.39, 0.29) is 0 Å². The second-order valence-corrected chi connectivity index (χ2v) is 4.05. The van der Waals surface area contributed by atoms with E-state index in [2.05, 4.69) is 11.1 Å². The average molecular weight is 213 g/mol. The first-order chi connectivity index (χ1) is 7.68. The van der Waals surface area contributed by atoms with Crippen LogP contribution >= 0.6 is 0 Å². The molecule has 1 aromatic carbocycles. The van der Waals surface area contributed by atoms with Crippen LogP contribution in [0.3, 0.4) is 0 Å². The zero-order valence-electron chi connectivity index (χ0n) is 9.51. The maximum atomic E-state index is 10.3. The molecule has 1 heterocycles. The summed E-state index contributed by atoms with van der Waals surface area (Å²) in [6.45, 7) is 4.03. The number of hydrogen-bond acceptors (Lipinski definition) is 2. The van der Waals surface area contributed by atoms with Gasteiger partial charge in [-0.05, 0) is 31.0 Å². The van der Waals surface area contributed by atoms with E-state index >= 15 is 0 Å². The molecule has 82 valence electrons. The summed E-state index contributed by atoms with van der Waals surface area (Å²) in [5.41, 5.74) is 4.04. The minimum Gasteiger partial charge on any atom is -0.384 e. The van der Waals surface area contributed by atoms with E-state index in [9.17, 15) is 5.11 Å². The predicted octanol–water partition coefficient (Wildman–Crippen LogP) is 2.78. The summed E-state index contributed by atoms with van der Waals surface area (Å²) in [4.78, 5) is 4.02. The van der Waals surface area contributed by atoms with Gasteiger partial charge in [-0.25, -0.2) is 0 Å². The summed E-state index contributed by atoms with van der Waals surface area (Å²) in [6.07, 6.45) is 2.82. The topological polar surface area (TPSA) is 33.1 Å². The molecule has 0 unspecified atom stereocenters. The van der Waals surface area contributed by atoms with Crippen LogP contribution in [-0.2, 0) is 0 Å². The molecule has 1 N–H and O–H groups in total. The van der Waals surface area contributed by atoms with Crippen molar-refractivity contribution in [3.63, 3.8) is 0 Å².